The number of hydrogen-bond acceptors (Lipinski definition) is 6. The zero-order valence-electron chi connectivity index (χ0n) is 15.6. The van der Waals surface area contributed by atoms with E-state index in [4.69, 9.17) is 0 Å². The van der Waals surface area contributed by atoms with Crippen LogP contribution in [0.1, 0.15) is 19.8 Å². The topological polar surface area (TPSA) is 95.1 Å². The van der Waals surface area contributed by atoms with Crippen LogP contribution in [0.4, 0.5) is 5.69 Å². The highest BCUT2D eigenvalue weighted by Gasteiger charge is 2.18. The van der Waals surface area contributed by atoms with Crippen molar-refractivity contribution in [3.05, 3.63) is 79.2 Å². The molecular formula is C21H17N3O4S. The van der Waals surface area contributed by atoms with Crippen LogP contribution in [0.25, 0.3) is 31.7 Å². The van der Waals surface area contributed by atoms with E-state index in [0.717, 1.165) is 17.5 Å². The molecule has 0 saturated heterocycles. The van der Waals surface area contributed by atoms with E-state index in [1.807, 2.05) is 19.1 Å². The summed E-state index contributed by atoms with van der Waals surface area (Å²) in [6.45, 7) is 2.43. The van der Waals surface area contributed by atoms with Gasteiger partial charge in [0.05, 0.1) is 4.92 Å². The van der Waals surface area contributed by atoms with Crippen LogP contribution in [0.15, 0.2) is 58.1 Å². The molecule has 0 atom stereocenters. The van der Waals surface area contributed by atoms with Gasteiger partial charge in [0.1, 0.15) is 16.0 Å². The predicted octanol–water partition coefficient (Wildman–Crippen LogP) is 4.35. The van der Waals surface area contributed by atoms with E-state index in [1.165, 1.54) is 28.0 Å². The highest BCUT2D eigenvalue weighted by molar-refractivity contribution is 7.24. The molecule has 0 amide bonds. The van der Waals surface area contributed by atoms with Gasteiger partial charge >= 0.3 is 0 Å². The average molecular weight is 407 g/mol. The summed E-state index contributed by atoms with van der Waals surface area (Å²) in [5.41, 5.74) is -0.123. The summed E-state index contributed by atoms with van der Waals surface area (Å²) in [5, 5.41) is 11.6. The summed E-state index contributed by atoms with van der Waals surface area (Å²) < 4.78 is 2.27. The molecule has 4 rings (SSSR count). The van der Waals surface area contributed by atoms with Crippen molar-refractivity contribution in [1.29, 1.82) is 0 Å². The molecule has 0 radical (unpaired) electrons. The number of nitro groups is 1. The molecule has 0 aliphatic heterocycles. The van der Waals surface area contributed by atoms with E-state index in [2.05, 4.69) is 4.98 Å². The molecular weight excluding hydrogens is 390 g/mol. The van der Waals surface area contributed by atoms with Crippen molar-refractivity contribution in [2.24, 2.45) is 0 Å². The summed E-state index contributed by atoms with van der Waals surface area (Å²) in [6.07, 6.45) is 1.62. The highest BCUT2D eigenvalue weighted by atomic mass is 32.1. The van der Waals surface area contributed by atoms with Crippen LogP contribution in [0, 0.1) is 10.1 Å². The van der Waals surface area contributed by atoms with E-state index in [-0.39, 0.29) is 22.1 Å². The van der Waals surface area contributed by atoms with Crippen molar-refractivity contribution in [3.63, 3.8) is 0 Å². The van der Waals surface area contributed by atoms with Gasteiger partial charge in [-0.05, 0) is 30.7 Å². The van der Waals surface area contributed by atoms with Crippen LogP contribution in [0.3, 0.4) is 0 Å². The van der Waals surface area contributed by atoms with Gasteiger partial charge in [0.25, 0.3) is 11.2 Å². The molecule has 0 fully saturated rings. The van der Waals surface area contributed by atoms with Gasteiger partial charge in [-0.3, -0.25) is 24.3 Å². The van der Waals surface area contributed by atoms with Crippen molar-refractivity contribution < 1.29 is 4.92 Å². The van der Waals surface area contributed by atoms with Crippen LogP contribution in [0.5, 0.6) is 0 Å². The average Bonchev–Trinajstić information content (AvgIpc) is 2.73. The minimum Gasteiger partial charge on any atom is -0.292 e. The normalized spacial score (nSPS) is 11.2. The van der Waals surface area contributed by atoms with Crippen LogP contribution in [0.2, 0.25) is 0 Å². The Bertz CT molecular complexity index is 1360. The first-order chi connectivity index (χ1) is 14.0. The SMILES string of the molecule is CCCCn1c(-c2ccc([N+](=O)[O-])cc2)nc2sc3ccccc3c(=O)c2c1=O. The number of benzene rings is 2. The lowest BCUT2D eigenvalue weighted by Crippen LogP contribution is -2.27. The second kappa shape index (κ2) is 7.56. The van der Waals surface area contributed by atoms with E-state index in [1.54, 1.807) is 24.3 Å². The Kier molecular flexibility index (Phi) is 4.94. The Labute approximate surface area is 169 Å². The summed E-state index contributed by atoms with van der Waals surface area (Å²) in [4.78, 5) is 41.8. The predicted molar refractivity (Wildman–Crippen MR) is 115 cm³/mol. The number of non-ortho nitro benzene ring substituents is 1. The lowest BCUT2D eigenvalue weighted by Gasteiger charge is -2.13. The van der Waals surface area contributed by atoms with Crippen LogP contribution >= 0.6 is 11.3 Å². The summed E-state index contributed by atoms with van der Waals surface area (Å²) in [6, 6.07) is 13.1. The number of unbranched alkanes of at least 4 members (excludes halogenated alkanes) is 1. The zero-order valence-corrected chi connectivity index (χ0v) is 16.4. The van der Waals surface area contributed by atoms with Crippen LogP contribution in [-0.4, -0.2) is 14.5 Å². The number of nitrogens with zero attached hydrogens (tertiary/aromatic N) is 3. The number of hydrogen-bond donors (Lipinski definition) is 0. The molecule has 0 aliphatic rings. The first-order valence-electron chi connectivity index (χ1n) is 9.22. The lowest BCUT2D eigenvalue weighted by atomic mass is 10.1. The van der Waals surface area contributed by atoms with Crippen LogP contribution in [-0.2, 0) is 6.54 Å². The largest absolute Gasteiger partial charge is 0.292 e. The number of fused-ring (bicyclic) bond motifs is 2. The molecule has 8 heteroatoms. The van der Waals surface area contributed by atoms with Gasteiger partial charge in [0, 0.05) is 34.3 Å². The summed E-state index contributed by atoms with van der Waals surface area (Å²) >= 11 is 1.30. The second-order valence-corrected chi connectivity index (χ2v) is 7.69. The molecule has 0 saturated carbocycles. The molecule has 146 valence electrons. The number of aromatic nitrogens is 2. The maximum atomic E-state index is 13.3. The standard InChI is InChI=1S/C21H17N3O4S/c1-2-3-12-23-19(13-8-10-14(11-9-13)24(27)28)22-20-17(21(23)26)18(25)15-6-4-5-7-16(15)29-20/h4-11H,2-3,12H2,1H3. The molecule has 7 nitrogen and oxygen atoms in total. The molecule has 2 aromatic heterocycles. The highest BCUT2D eigenvalue weighted by Crippen LogP contribution is 2.26. The van der Waals surface area contributed by atoms with Crippen molar-refractivity contribution in [1.82, 2.24) is 9.55 Å². The first kappa shape index (κ1) is 18.9. The third kappa shape index (κ3) is 3.31. The third-order valence-corrected chi connectivity index (χ3v) is 5.84. The monoisotopic (exact) mass is 407 g/mol. The van der Waals surface area contributed by atoms with E-state index < -0.39 is 4.92 Å². The summed E-state index contributed by atoms with van der Waals surface area (Å²) in [7, 11) is 0. The van der Waals surface area contributed by atoms with Gasteiger partial charge in [-0.15, -0.1) is 11.3 Å². The Hall–Kier alpha value is -3.39. The molecule has 0 spiro atoms. The maximum Gasteiger partial charge on any atom is 0.269 e. The van der Waals surface area contributed by atoms with Gasteiger partial charge in [-0.2, -0.15) is 0 Å². The molecule has 0 aliphatic carbocycles. The quantitative estimate of drug-likeness (QED) is 0.278. The Balaban J connectivity index is 2.04. The Morgan fingerprint density at radius 1 is 1.10 bits per heavy atom. The molecule has 4 aromatic rings. The van der Waals surface area contributed by atoms with Crippen molar-refractivity contribution >= 4 is 37.3 Å². The fraction of sp³-hybridized carbons (Fsp3) is 0.190. The van der Waals surface area contributed by atoms with Crippen molar-refractivity contribution in [2.75, 3.05) is 0 Å². The molecule has 0 N–H and O–H groups in total. The molecule has 0 unspecified atom stereocenters. The van der Waals surface area contributed by atoms with E-state index in [9.17, 15) is 19.7 Å². The zero-order chi connectivity index (χ0) is 20.5. The van der Waals surface area contributed by atoms with Crippen molar-refractivity contribution in [2.45, 2.75) is 26.3 Å². The number of rotatable bonds is 5. The van der Waals surface area contributed by atoms with Gasteiger partial charge in [0.2, 0.25) is 5.43 Å². The van der Waals surface area contributed by atoms with E-state index >= 15 is 0 Å². The fourth-order valence-electron chi connectivity index (χ4n) is 3.26. The smallest absolute Gasteiger partial charge is 0.269 e. The Morgan fingerprint density at radius 2 is 1.83 bits per heavy atom. The van der Waals surface area contributed by atoms with E-state index in [0.29, 0.717) is 28.1 Å². The minimum absolute atomic E-state index is 0.0346. The Morgan fingerprint density at radius 3 is 2.52 bits per heavy atom. The van der Waals surface area contributed by atoms with Gasteiger partial charge in [-0.1, -0.05) is 25.5 Å². The van der Waals surface area contributed by atoms with Gasteiger partial charge in [0.15, 0.2) is 0 Å². The summed E-state index contributed by atoms with van der Waals surface area (Å²) in [5.74, 6) is 0.414. The minimum atomic E-state index is -0.473. The van der Waals surface area contributed by atoms with Gasteiger partial charge in [-0.25, -0.2) is 4.98 Å². The number of nitro benzene ring substituents is 1. The lowest BCUT2D eigenvalue weighted by molar-refractivity contribution is -0.384. The molecule has 2 heterocycles. The fourth-order valence-corrected chi connectivity index (χ4v) is 4.30. The molecule has 2 aromatic carbocycles. The van der Waals surface area contributed by atoms with Gasteiger partial charge < -0.3 is 0 Å². The molecule has 0 bridgehead atoms. The third-order valence-electron chi connectivity index (χ3n) is 4.77. The van der Waals surface area contributed by atoms with Crippen molar-refractivity contribution in [3.8, 4) is 11.4 Å². The molecule has 29 heavy (non-hydrogen) atoms. The maximum absolute atomic E-state index is 13.3. The van der Waals surface area contributed by atoms with Crippen LogP contribution < -0.4 is 11.0 Å². The second-order valence-electron chi connectivity index (χ2n) is 6.66. The first-order valence-corrected chi connectivity index (χ1v) is 10.0.